The quantitative estimate of drug-likeness (QED) is 0.781. The van der Waals surface area contributed by atoms with Crippen molar-refractivity contribution in [1.82, 2.24) is 15.1 Å². The van der Waals surface area contributed by atoms with E-state index in [0.717, 1.165) is 22.4 Å². The van der Waals surface area contributed by atoms with E-state index in [1.807, 2.05) is 6.07 Å². The zero-order valence-electron chi connectivity index (χ0n) is 16.6. The van der Waals surface area contributed by atoms with E-state index in [-0.39, 0.29) is 5.37 Å². The van der Waals surface area contributed by atoms with Gasteiger partial charge in [-0.25, -0.2) is 8.78 Å². The molecule has 3 heterocycles. The first kappa shape index (κ1) is 19.7. The van der Waals surface area contributed by atoms with Crippen molar-refractivity contribution in [3.63, 3.8) is 0 Å². The van der Waals surface area contributed by atoms with E-state index in [1.54, 1.807) is 18.0 Å². The summed E-state index contributed by atoms with van der Waals surface area (Å²) in [5, 5.41) is 7.51. The number of benzene rings is 1. The molecular formula is C22H23F2N5S. The van der Waals surface area contributed by atoms with Crippen LogP contribution in [0.15, 0.2) is 58.6 Å². The number of allylic oxidation sites excluding steroid dienone is 2. The molecule has 30 heavy (non-hydrogen) atoms. The summed E-state index contributed by atoms with van der Waals surface area (Å²) in [5.41, 5.74) is 7.69. The fraction of sp³-hybridized carbons (Fsp3) is 0.364. The summed E-state index contributed by atoms with van der Waals surface area (Å²) in [4.78, 5) is 8.17. The molecule has 2 aromatic rings. The molecule has 1 aromatic carbocycles. The third-order valence-electron chi connectivity index (χ3n) is 6.30. The summed E-state index contributed by atoms with van der Waals surface area (Å²) in [6.45, 7) is 3.41. The van der Waals surface area contributed by atoms with Gasteiger partial charge in [0, 0.05) is 41.4 Å². The van der Waals surface area contributed by atoms with Crippen LogP contribution < -0.4 is 5.73 Å². The predicted octanol–water partition coefficient (Wildman–Crippen LogP) is 3.82. The number of rotatable bonds is 3. The second-order valence-electron chi connectivity index (χ2n) is 8.14. The van der Waals surface area contributed by atoms with Crippen LogP contribution in [0.2, 0.25) is 0 Å². The molecule has 1 fully saturated rings. The predicted molar refractivity (Wildman–Crippen MR) is 115 cm³/mol. The lowest BCUT2D eigenvalue weighted by atomic mass is 9.78. The Morgan fingerprint density at radius 1 is 1.23 bits per heavy atom. The minimum Gasteiger partial charge on any atom is -0.321 e. The van der Waals surface area contributed by atoms with Crippen LogP contribution in [0, 0.1) is 11.6 Å². The highest BCUT2D eigenvalue weighted by molar-refractivity contribution is 8.05. The molecule has 0 radical (unpaired) electrons. The molecule has 0 amide bonds. The van der Waals surface area contributed by atoms with Crippen LogP contribution in [0.3, 0.4) is 0 Å². The molecule has 5 rings (SSSR count). The van der Waals surface area contributed by atoms with Crippen molar-refractivity contribution in [2.75, 3.05) is 13.1 Å². The monoisotopic (exact) mass is 427 g/mol. The minimum atomic E-state index is -0.821. The number of H-pyrrole nitrogens is 1. The lowest BCUT2D eigenvalue weighted by Crippen LogP contribution is -2.55. The van der Waals surface area contributed by atoms with Crippen LogP contribution in [0.5, 0.6) is 0 Å². The molecule has 0 spiro atoms. The van der Waals surface area contributed by atoms with Crippen LogP contribution >= 0.6 is 11.8 Å². The highest BCUT2D eigenvalue weighted by Gasteiger charge is 2.44. The van der Waals surface area contributed by atoms with Crippen molar-refractivity contribution < 1.29 is 8.78 Å². The lowest BCUT2D eigenvalue weighted by molar-refractivity contribution is 0.0932. The number of aliphatic imine (C=N–C) groups is 1. The van der Waals surface area contributed by atoms with Crippen LogP contribution in [0.1, 0.15) is 31.0 Å². The van der Waals surface area contributed by atoms with Crippen LogP contribution in [-0.2, 0) is 11.1 Å². The molecule has 0 saturated carbocycles. The average molecular weight is 428 g/mol. The summed E-state index contributed by atoms with van der Waals surface area (Å²) in [5.74, 6) is -1.17. The number of aromatic amines is 1. The topological polar surface area (TPSA) is 70.3 Å². The number of nitrogens with one attached hydrogen (secondary N) is 1. The van der Waals surface area contributed by atoms with E-state index < -0.39 is 22.7 Å². The van der Waals surface area contributed by atoms with E-state index >= 15 is 0 Å². The molecule has 1 saturated heterocycles. The molecule has 1 aromatic heterocycles. The number of piperidine rings is 1. The van der Waals surface area contributed by atoms with E-state index in [4.69, 9.17) is 5.73 Å². The molecule has 3 aliphatic rings. The molecule has 2 aliphatic heterocycles. The van der Waals surface area contributed by atoms with E-state index in [9.17, 15) is 8.78 Å². The summed E-state index contributed by atoms with van der Waals surface area (Å²) < 4.78 is 27.8. The fourth-order valence-electron chi connectivity index (χ4n) is 4.67. The summed E-state index contributed by atoms with van der Waals surface area (Å²) in [6, 6.07) is 5.65. The average Bonchev–Trinajstić information content (AvgIpc) is 3.36. The van der Waals surface area contributed by atoms with E-state index in [0.29, 0.717) is 31.5 Å². The van der Waals surface area contributed by atoms with Gasteiger partial charge in [-0.1, -0.05) is 23.9 Å². The Balaban J connectivity index is 1.46. The Morgan fingerprint density at radius 3 is 2.73 bits per heavy atom. The molecular weight excluding hydrogens is 404 g/mol. The molecule has 2 atom stereocenters. The van der Waals surface area contributed by atoms with Gasteiger partial charge in [-0.2, -0.15) is 5.10 Å². The Bertz CT molecular complexity index is 1050. The smallest absolute Gasteiger partial charge is 0.131 e. The van der Waals surface area contributed by atoms with Gasteiger partial charge in [0.25, 0.3) is 0 Å². The SMILES string of the molecule is CC1N=C2C=CC(c3ccn[nH]3)(N3CCC(N)(c4ccc(F)cc4F)CC3)C=C2S1. The number of halogens is 2. The summed E-state index contributed by atoms with van der Waals surface area (Å²) in [7, 11) is 0. The van der Waals surface area contributed by atoms with Crippen LogP contribution in [0.4, 0.5) is 8.78 Å². The number of thioether (sulfide) groups is 1. The van der Waals surface area contributed by atoms with Gasteiger partial charge >= 0.3 is 0 Å². The van der Waals surface area contributed by atoms with Crippen molar-refractivity contribution in [2.45, 2.75) is 36.2 Å². The standard InChI is InChI=1S/C22H23F2N5S/c1-14-27-18-4-6-22(13-19(18)30-14,20-5-9-26-28-20)29-10-7-21(25,8-11-29)16-3-2-15(23)12-17(16)24/h2-6,9,12-14H,7-8,10-11,25H2,1H3,(H,26,28). The van der Waals surface area contributed by atoms with Crippen molar-refractivity contribution >= 4 is 17.5 Å². The first-order chi connectivity index (χ1) is 14.4. The molecule has 1 aliphatic carbocycles. The number of nitrogens with two attached hydrogens (primary N) is 1. The summed E-state index contributed by atoms with van der Waals surface area (Å²) >= 11 is 1.75. The molecule has 2 unspecified atom stereocenters. The van der Waals surface area contributed by atoms with Crippen LogP contribution in [-0.4, -0.2) is 39.3 Å². The van der Waals surface area contributed by atoms with Gasteiger partial charge in [0.05, 0.1) is 16.8 Å². The number of hydrogen-bond donors (Lipinski definition) is 2. The first-order valence-corrected chi connectivity index (χ1v) is 10.9. The second kappa shape index (κ2) is 7.14. The summed E-state index contributed by atoms with van der Waals surface area (Å²) in [6.07, 6.45) is 9.36. The third-order valence-corrected chi connectivity index (χ3v) is 7.32. The van der Waals surface area contributed by atoms with Crippen molar-refractivity contribution in [3.8, 4) is 0 Å². The van der Waals surface area contributed by atoms with Gasteiger partial charge in [0.2, 0.25) is 0 Å². The Kier molecular flexibility index (Phi) is 4.68. The zero-order valence-corrected chi connectivity index (χ0v) is 17.4. The highest BCUT2D eigenvalue weighted by Crippen LogP contribution is 2.44. The maximum atomic E-state index is 14.4. The molecule has 3 N–H and O–H groups in total. The number of aromatic nitrogens is 2. The molecule has 5 nitrogen and oxygen atoms in total. The Hall–Kier alpha value is -2.29. The van der Waals surface area contributed by atoms with Crippen molar-refractivity contribution in [3.05, 3.63) is 76.5 Å². The normalized spacial score (nSPS) is 28.2. The Morgan fingerprint density at radius 2 is 2.03 bits per heavy atom. The highest BCUT2D eigenvalue weighted by atomic mass is 32.2. The van der Waals surface area contributed by atoms with Gasteiger partial charge in [0.1, 0.15) is 17.2 Å². The number of likely N-dealkylation sites (tertiary alicyclic amines) is 1. The largest absolute Gasteiger partial charge is 0.321 e. The maximum absolute atomic E-state index is 14.4. The second-order valence-corrected chi connectivity index (χ2v) is 9.49. The number of nitrogens with zero attached hydrogens (tertiary/aromatic N) is 3. The minimum absolute atomic E-state index is 0.202. The lowest BCUT2D eigenvalue weighted by Gasteiger charge is -2.47. The van der Waals surface area contributed by atoms with Gasteiger partial charge in [0.15, 0.2) is 0 Å². The molecule has 156 valence electrons. The van der Waals surface area contributed by atoms with Crippen LogP contribution in [0.25, 0.3) is 0 Å². The van der Waals surface area contributed by atoms with Crippen molar-refractivity contribution in [2.24, 2.45) is 10.7 Å². The zero-order chi connectivity index (χ0) is 20.9. The van der Waals surface area contributed by atoms with Gasteiger partial charge < -0.3 is 5.73 Å². The number of fused-ring (bicyclic) bond motifs is 1. The first-order valence-electron chi connectivity index (χ1n) is 10.1. The Labute approximate surface area is 178 Å². The van der Waals surface area contributed by atoms with Gasteiger partial charge in [-0.15, -0.1) is 0 Å². The number of hydrogen-bond acceptors (Lipinski definition) is 5. The van der Waals surface area contributed by atoms with Gasteiger partial charge in [-0.05, 0) is 44.1 Å². The third kappa shape index (κ3) is 3.14. The van der Waals surface area contributed by atoms with Gasteiger partial charge in [-0.3, -0.25) is 15.0 Å². The molecule has 8 heteroatoms. The maximum Gasteiger partial charge on any atom is 0.131 e. The molecule has 0 bridgehead atoms. The van der Waals surface area contributed by atoms with Crippen molar-refractivity contribution in [1.29, 1.82) is 0 Å². The fourth-order valence-corrected chi connectivity index (χ4v) is 5.69. The van der Waals surface area contributed by atoms with E-state index in [2.05, 4.69) is 45.2 Å². The van der Waals surface area contributed by atoms with E-state index in [1.165, 1.54) is 12.1 Å².